The number of aromatic nitrogens is 1. The first kappa shape index (κ1) is 13.6. The topological polar surface area (TPSA) is 71.8 Å². The SMILES string of the molecule is Cn1ccc2cc(C(=O)N3CCOCC3C(=O)O)ccc21. The molecule has 110 valence electrons. The van der Waals surface area contributed by atoms with Crippen LogP contribution in [-0.2, 0) is 16.6 Å². The van der Waals surface area contributed by atoms with Crippen LogP contribution in [0.2, 0.25) is 0 Å². The van der Waals surface area contributed by atoms with Crippen molar-refractivity contribution in [1.29, 1.82) is 0 Å². The summed E-state index contributed by atoms with van der Waals surface area (Å²) in [6.07, 6.45) is 1.92. The molecule has 0 saturated carbocycles. The third-order valence-corrected chi connectivity index (χ3v) is 3.81. The Morgan fingerprint density at radius 3 is 2.90 bits per heavy atom. The lowest BCUT2D eigenvalue weighted by Gasteiger charge is -2.32. The number of carbonyl (C=O) groups is 2. The summed E-state index contributed by atoms with van der Waals surface area (Å²) in [6, 6.07) is 6.42. The molecule has 1 aliphatic rings. The van der Waals surface area contributed by atoms with Crippen molar-refractivity contribution < 1.29 is 19.4 Å². The summed E-state index contributed by atoms with van der Waals surface area (Å²) >= 11 is 0. The number of benzene rings is 1. The van der Waals surface area contributed by atoms with E-state index in [1.165, 1.54) is 4.90 Å². The van der Waals surface area contributed by atoms with Gasteiger partial charge in [-0.25, -0.2) is 4.79 Å². The summed E-state index contributed by atoms with van der Waals surface area (Å²) < 4.78 is 7.13. The minimum Gasteiger partial charge on any atom is -0.480 e. The molecule has 1 fully saturated rings. The number of rotatable bonds is 2. The van der Waals surface area contributed by atoms with Gasteiger partial charge in [0.05, 0.1) is 13.2 Å². The first-order valence-corrected chi connectivity index (χ1v) is 6.74. The van der Waals surface area contributed by atoms with E-state index in [0.29, 0.717) is 18.7 Å². The summed E-state index contributed by atoms with van der Waals surface area (Å²) in [4.78, 5) is 25.2. The number of amides is 1. The zero-order valence-electron chi connectivity index (χ0n) is 11.7. The fraction of sp³-hybridized carbons (Fsp3) is 0.333. The highest BCUT2D eigenvalue weighted by molar-refractivity contribution is 6.00. The van der Waals surface area contributed by atoms with Gasteiger partial charge in [0.2, 0.25) is 0 Å². The number of carboxylic acids is 1. The first-order valence-electron chi connectivity index (χ1n) is 6.74. The fourth-order valence-electron chi connectivity index (χ4n) is 2.63. The molecular weight excluding hydrogens is 272 g/mol. The van der Waals surface area contributed by atoms with E-state index < -0.39 is 12.0 Å². The molecule has 0 bridgehead atoms. The monoisotopic (exact) mass is 288 g/mol. The Labute approximate surface area is 121 Å². The van der Waals surface area contributed by atoms with Gasteiger partial charge in [-0.15, -0.1) is 0 Å². The van der Waals surface area contributed by atoms with Crippen LogP contribution in [0.15, 0.2) is 30.5 Å². The smallest absolute Gasteiger partial charge is 0.328 e. The molecule has 0 aliphatic carbocycles. The van der Waals surface area contributed by atoms with Crippen molar-refractivity contribution in [2.45, 2.75) is 6.04 Å². The van der Waals surface area contributed by atoms with Crippen LogP contribution in [0.25, 0.3) is 10.9 Å². The maximum absolute atomic E-state index is 12.6. The van der Waals surface area contributed by atoms with Gasteiger partial charge in [0.25, 0.3) is 5.91 Å². The second kappa shape index (κ2) is 5.21. The van der Waals surface area contributed by atoms with E-state index in [4.69, 9.17) is 4.74 Å². The van der Waals surface area contributed by atoms with E-state index in [-0.39, 0.29) is 12.5 Å². The molecule has 3 rings (SSSR count). The second-order valence-electron chi connectivity index (χ2n) is 5.13. The van der Waals surface area contributed by atoms with Crippen molar-refractivity contribution in [2.75, 3.05) is 19.8 Å². The Morgan fingerprint density at radius 2 is 2.14 bits per heavy atom. The van der Waals surface area contributed by atoms with Crippen LogP contribution in [0, 0.1) is 0 Å². The Balaban J connectivity index is 1.93. The average Bonchev–Trinajstić information content (AvgIpc) is 2.87. The van der Waals surface area contributed by atoms with Gasteiger partial charge in [0.1, 0.15) is 0 Å². The molecule has 21 heavy (non-hydrogen) atoms. The number of nitrogens with zero attached hydrogens (tertiary/aromatic N) is 2. The van der Waals surface area contributed by atoms with Crippen molar-refractivity contribution in [1.82, 2.24) is 9.47 Å². The van der Waals surface area contributed by atoms with E-state index >= 15 is 0 Å². The third kappa shape index (κ3) is 2.38. The molecule has 1 N–H and O–H groups in total. The summed E-state index contributed by atoms with van der Waals surface area (Å²) in [7, 11) is 1.94. The minimum atomic E-state index is -1.04. The molecule has 0 spiro atoms. The average molecular weight is 288 g/mol. The van der Waals surface area contributed by atoms with E-state index in [2.05, 4.69) is 0 Å². The van der Waals surface area contributed by atoms with Crippen LogP contribution in [0.4, 0.5) is 0 Å². The standard InChI is InChI=1S/C15H16N2O4/c1-16-5-4-10-8-11(2-3-12(10)16)14(18)17-6-7-21-9-13(17)15(19)20/h2-5,8,13H,6-7,9H2,1H3,(H,19,20). The molecule has 2 heterocycles. The number of carboxylic acid groups (broad SMARTS) is 1. The summed E-state index contributed by atoms with van der Waals surface area (Å²) in [5, 5.41) is 10.2. The Morgan fingerprint density at radius 1 is 1.33 bits per heavy atom. The Bertz CT molecular complexity index is 707. The Hall–Kier alpha value is -2.34. The molecule has 1 unspecified atom stereocenters. The zero-order chi connectivity index (χ0) is 15.0. The van der Waals surface area contributed by atoms with E-state index in [1.54, 1.807) is 12.1 Å². The van der Waals surface area contributed by atoms with Gasteiger partial charge < -0.3 is 19.3 Å². The number of aryl methyl sites for hydroxylation is 1. The van der Waals surface area contributed by atoms with Gasteiger partial charge >= 0.3 is 5.97 Å². The molecule has 1 aromatic carbocycles. The lowest BCUT2D eigenvalue weighted by Crippen LogP contribution is -2.52. The number of carbonyl (C=O) groups excluding carboxylic acids is 1. The van der Waals surface area contributed by atoms with Crippen molar-refractivity contribution in [3.05, 3.63) is 36.0 Å². The number of fused-ring (bicyclic) bond motifs is 1. The molecule has 1 saturated heterocycles. The molecule has 6 nitrogen and oxygen atoms in total. The maximum Gasteiger partial charge on any atom is 0.328 e. The van der Waals surface area contributed by atoms with Crippen LogP contribution >= 0.6 is 0 Å². The largest absolute Gasteiger partial charge is 0.480 e. The van der Waals surface area contributed by atoms with E-state index in [0.717, 1.165) is 10.9 Å². The zero-order valence-corrected chi connectivity index (χ0v) is 11.7. The second-order valence-corrected chi connectivity index (χ2v) is 5.13. The van der Waals surface area contributed by atoms with Gasteiger partial charge in [-0.1, -0.05) is 0 Å². The molecule has 6 heteroatoms. The number of aliphatic carboxylic acids is 1. The lowest BCUT2D eigenvalue weighted by atomic mass is 10.1. The summed E-state index contributed by atoms with van der Waals surface area (Å²) in [5.74, 6) is -1.31. The fourth-order valence-corrected chi connectivity index (χ4v) is 2.63. The molecule has 1 amide bonds. The number of hydrogen-bond donors (Lipinski definition) is 1. The van der Waals surface area contributed by atoms with Gasteiger partial charge in [0.15, 0.2) is 6.04 Å². The van der Waals surface area contributed by atoms with Crippen molar-refractivity contribution in [3.63, 3.8) is 0 Å². The van der Waals surface area contributed by atoms with Gasteiger partial charge in [0, 0.05) is 36.3 Å². The molecule has 2 aromatic rings. The van der Waals surface area contributed by atoms with Crippen LogP contribution < -0.4 is 0 Å². The van der Waals surface area contributed by atoms with Gasteiger partial charge in [-0.05, 0) is 24.3 Å². The normalized spacial score (nSPS) is 18.9. The number of hydrogen-bond acceptors (Lipinski definition) is 3. The molecular formula is C15H16N2O4. The predicted molar refractivity (Wildman–Crippen MR) is 76.2 cm³/mol. The molecule has 0 radical (unpaired) electrons. The van der Waals surface area contributed by atoms with E-state index in [1.807, 2.05) is 29.9 Å². The predicted octanol–water partition coefficient (Wildman–Crippen LogP) is 1.10. The van der Waals surface area contributed by atoms with Gasteiger partial charge in [-0.2, -0.15) is 0 Å². The van der Waals surface area contributed by atoms with Crippen molar-refractivity contribution >= 4 is 22.8 Å². The van der Waals surface area contributed by atoms with Crippen LogP contribution in [0.3, 0.4) is 0 Å². The first-order chi connectivity index (χ1) is 10.1. The number of morpholine rings is 1. The van der Waals surface area contributed by atoms with E-state index in [9.17, 15) is 14.7 Å². The quantitative estimate of drug-likeness (QED) is 0.898. The minimum absolute atomic E-state index is 0.0364. The van der Waals surface area contributed by atoms with Crippen molar-refractivity contribution in [3.8, 4) is 0 Å². The maximum atomic E-state index is 12.6. The Kier molecular flexibility index (Phi) is 3.39. The summed E-state index contributed by atoms with van der Waals surface area (Å²) in [5.41, 5.74) is 1.53. The lowest BCUT2D eigenvalue weighted by molar-refractivity contribution is -0.147. The third-order valence-electron chi connectivity index (χ3n) is 3.81. The van der Waals surface area contributed by atoms with Gasteiger partial charge in [-0.3, -0.25) is 4.79 Å². The van der Waals surface area contributed by atoms with Crippen LogP contribution in [0.5, 0.6) is 0 Å². The van der Waals surface area contributed by atoms with Crippen LogP contribution in [-0.4, -0.2) is 52.3 Å². The molecule has 1 atom stereocenters. The molecule has 1 aromatic heterocycles. The highest BCUT2D eigenvalue weighted by atomic mass is 16.5. The van der Waals surface area contributed by atoms with Crippen molar-refractivity contribution in [2.24, 2.45) is 7.05 Å². The van der Waals surface area contributed by atoms with Crippen LogP contribution in [0.1, 0.15) is 10.4 Å². The highest BCUT2D eigenvalue weighted by Crippen LogP contribution is 2.19. The number of ether oxygens (including phenoxy) is 1. The molecule has 1 aliphatic heterocycles. The summed E-state index contributed by atoms with van der Waals surface area (Å²) in [6.45, 7) is 0.695. The highest BCUT2D eigenvalue weighted by Gasteiger charge is 2.33.